The first kappa shape index (κ1) is 24.1. The van der Waals surface area contributed by atoms with Crippen LogP contribution in [0.3, 0.4) is 0 Å². The summed E-state index contributed by atoms with van der Waals surface area (Å²) in [6.07, 6.45) is 8.63. The maximum atomic E-state index is 5.23. The molecule has 2 aliphatic heterocycles. The number of piperazine rings is 1. The second-order valence-electron chi connectivity index (χ2n) is 11.4. The minimum absolute atomic E-state index is 0.584. The van der Waals surface area contributed by atoms with Crippen LogP contribution >= 0.6 is 0 Å². The molecule has 6 aromatic rings. The van der Waals surface area contributed by atoms with Gasteiger partial charge in [0.05, 0.1) is 23.0 Å². The number of rotatable bonds is 5. The van der Waals surface area contributed by atoms with Crippen LogP contribution in [0.25, 0.3) is 50.2 Å². The Morgan fingerprint density at radius 3 is 2.59 bits per heavy atom. The Bertz CT molecular complexity index is 1900. The van der Waals surface area contributed by atoms with Crippen LogP contribution in [0.5, 0.6) is 0 Å². The molecule has 6 heterocycles. The topological polar surface area (TPSA) is 81.5 Å². The Labute approximate surface area is 238 Å². The number of hydrogen-bond acceptors (Lipinski definition) is 7. The lowest BCUT2D eigenvalue weighted by Gasteiger charge is -2.34. The van der Waals surface area contributed by atoms with Crippen molar-refractivity contribution in [2.24, 2.45) is 0 Å². The fourth-order valence-corrected chi connectivity index (χ4v) is 6.76. The highest BCUT2D eigenvalue weighted by atomic mass is 15.3. The summed E-state index contributed by atoms with van der Waals surface area (Å²) >= 11 is 0. The van der Waals surface area contributed by atoms with Crippen molar-refractivity contribution in [2.75, 3.05) is 44.0 Å². The lowest BCUT2D eigenvalue weighted by Crippen LogP contribution is -2.44. The molecule has 0 amide bonds. The van der Waals surface area contributed by atoms with Crippen LogP contribution in [0.1, 0.15) is 6.42 Å². The van der Waals surface area contributed by atoms with Gasteiger partial charge in [-0.15, -0.1) is 0 Å². The van der Waals surface area contributed by atoms with Gasteiger partial charge in [0.2, 0.25) is 0 Å². The van der Waals surface area contributed by atoms with Crippen LogP contribution < -0.4 is 9.80 Å². The van der Waals surface area contributed by atoms with E-state index in [0.717, 1.165) is 69.0 Å². The number of H-pyrrole nitrogens is 1. The van der Waals surface area contributed by atoms with Gasteiger partial charge >= 0.3 is 0 Å². The number of nitrogens with one attached hydrogen (secondary N) is 1. The summed E-state index contributed by atoms with van der Waals surface area (Å²) in [5.41, 5.74) is 10.2. The third-order valence-electron chi connectivity index (χ3n) is 8.81. The van der Waals surface area contributed by atoms with Crippen LogP contribution in [0, 0.1) is 0 Å². The quantitative estimate of drug-likeness (QED) is 0.330. The maximum absolute atomic E-state index is 5.23. The van der Waals surface area contributed by atoms with Crippen molar-refractivity contribution in [2.45, 2.75) is 18.5 Å². The van der Waals surface area contributed by atoms with Crippen molar-refractivity contribution in [3.63, 3.8) is 0 Å². The molecule has 9 heteroatoms. The van der Waals surface area contributed by atoms with Crippen LogP contribution in [0.2, 0.25) is 0 Å². The molecule has 2 aliphatic rings. The van der Waals surface area contributed by atoms with E-state index >= 15 is 0 Å². The minimum Gasteiger partial charge on any atom is -0.377 e. The van der Waals surface area contributed by atoms with E-state index < -0.39 is 0 Å². The molecule has 0 unspecified atom stereocenters. The molecule has 8 rings (SSSR count). The first-order valence-corrected chi connectivity index (χ1v) is 14.1. The Morgan fingerprint density at radius 1 is 0.927 bits per heavy atom. The monoisotopic (exact) mass is 541 g/mol. The van der Waals surface area contributed by atoms with Crippen LogP contribution in [0.15, 0.2) is 79.4 Å². The predicted octanol–water partition coefficient (Wildman–Crippen LogP) is 4.96. The third kappa shape index (κ3) is 3.72. The van der Waals surface area contributed by atoms with Gasteiger partial charge in [0.1, 0.15) is 5.69 Å². The summed E-state index contributed by atoms with van der Waals surface area (Å²) in [5.74, 6) is 0. The number of pyridine rings is 1. The van der Waals surface area contributed by atoms with Gasteiger partial charge in [-0.3, -0.25) is 15.0 Å². The molecule has 9 nitrogen and oxygen atoms in total. The van der Waals surface area contributed by atoms with E-state index in [1.807, 2.05) is 53.6 Å². The molecule has 0 spiro atoms. The first-order chi connectivity index (χ1) is 20.1. The van der Waals surface area contributed by atoms with E-state index in [9.17, 15) is 0 Å². The molecule has 0 radical (unpaired) electrons. The maximum Gasteiger partial charge on any atom is 0.164 e. The zero-order valence-corrected chi connectivity index (χ0v) is 23.4. The fraction of sp³-hybridized carbons (Fsp3) is 0.250. The standard InChI is InChI=1S/C32H31N9/c1-38(2)29-16-21(40-19-22-15-23(40)18-39(22)3)7-8-25(29)28-11-14-34-32-30(24-5-4-6-27-26(24)17-35-36-27)31(37-41(28)32)20-9-12-33-13-10-20/h4-14,16-17,22-23H,15,18-19H2,1-3H3,(H,35,36)/t22-,23-/m0/s1. The Kier molecular flexibility index (Phi) is 5.36. The highest BCUT2D eigenvalue weighted by molar-refractivity contribution is 6.03. The number of hydrogen-bond donors (Lipinski definition) is 1. The number of anilines is 2. The number of nitrogens with zero attached hydrogens (tertiary/aromatic N) is 8. The highest BCUT2D eigenvalue weighted by Gasteiger charge is 2.41. The number of aromatic amines is 1. The molecular formula is C32H31N9. The molecule has 41 heavy (non-hydrogen) atoms. The number of likely N-dealkylation sites (N-methyl/N-ethyl adjacent to an activating group) is 1. The summed E-state index contributed by atoms with van der Waals surface area (Å²) in [7, 11) is 6.47. The smallest absolute Gasteiger partial charge is 0.164 e. The van der Waals surface area contributed by atoms with E-state index in [0.29, 0.717) is 12.1 Å². The van der Waals surface area contributed by atoms with Gasteiger partial charge in [-0.05, 0) is 61.5 Å². The Hall–Kier alpha value is -4.76. The van der Waals surface area contributed by atoms with Gasteiger partial charge in [-0.1, -0.05) is 12.1 Å². The van der Waals surface area contributed by atoms with Gasteiger partial charge in [0.15, 0.2) is 5.65 Å². The third-order valence-corrected chi connectivity index (χ3v) is 8.81. The van der Waals surface area contributed by atoms with Gasteiger partial charge < -0.3 is 9.80 Å². The second-order valence-corrected chi connectivity index (χ2v) is 11.4. The average molecular weight is 542 g/mol. The molecule has 1 N–H and O–H groups in total. The predicted molar refractivity (Wildman–Crippen MR) is 163 cm³/mol. The summed E-state index contributed by atoms with van der Waals surface area (Å²) in [6.45, 7) is 2.22. The molecule has 2 atom stereocenters. The minimum atomic E-state index is 0.584. The van der Waals surface area contributed by atoms with Crippen LogP contribution in [0.4, 0.5) is 11.4 Å². The van der Waals surface area contributed by atoms with Gasteiger partial charge in [0.25, 0.3) is 0 Å². The molecule has 2 aromatic carbocycles. The van der Waals surface area contributed by atoms with E-state index in [1.165, 1.54) is 12.1 Å². The Morgan fingerprint density at radius 2 is 1.80 bits per heavy atom. The normalized spacial score (nSPS) is 18.7. The van der Waals surface area contributed by atoms with Crippen molar-refractivity contribution in [1.82, 2.24) is 34.7 Å². The van der Waals surface area contributed by atoms with E-state index in [2.05, 4.69) is 81.4 Å². The van der Waals surface area contributed by atoms with Gasteiger partial charge in [0, 0.05) is 85.7 Å². The lowest BCUT2D eigenvalue weighted by atomic mass is 9.99. The Balaban J connectivity index is 1.33. The molecule has 2 fully saturated rings. The van der Waals surface area contributed by atoms with E-state index in [1.54, 1.807) is 0 Å². The van der Waals surface area contributed by atoms with Crippen LogP contribution in [-0.4, -0.2) is 81.0 Å². The summed E-state index contributed by atoms with van der Waals surface area (Å²) in [6, 6.07) is 20.4. The fourth-order valence-electron chi connectivity index (χ4n) is 6.76. The number of aromatic nitrogens is 6. The van der Waals surface area contributed by atoms with Crippen molar-refractivity contribution < 1.29 is 0 Å². The van der Waals surface area contributed by atoms with Crippen molar-refractivity contribution in [1.29, 1.82) is 0 Å². The SMILES string of the molecule is CN(C)c1cc(N2C[C@@H]3C[C@H]2CN3C)ccc1-c1ccnc2c(-c3cccc4[nH]ncc34)c(-c3ccncc3)nn12. The molecule has 204 valence electrons. The number of benzene rings is 2. The van der Waals surface area contributed by atoms with Gasteiger partial charge in [-0.25, -0.2) is 9.50 Å². The van der Waals surface area contributed by atoms with Crippen molar-refractivity contribution >= 4 is 27.9 Å². The van der Waals surface area contributed by atoms with Crippen molar-refractivity contribution in [3.8, 4) is 33.6 Å². The average Bonchev–Trinajstić information content (AvgIpc) is 3.79. The highest BCUT2D eigenvalue weighted by Crippen LogP contribution is 2.42. The zero-order valence-electron chi connectivity index (χ0n) is 23.4. The molecule has 2 saturated heterocycles. The second kappa shape index (κ2) is 9.14. The largest absolute Gasteiger partial charge is 0.377 e. The van der Waals surface area contributed by atoms with Gasteiger partial charge in [-0.2, -0.15) is 10.2 Å². The van der Waals surface area contributed by atoms with Crippen molar-refractivity contribution in [3.05, 3.63) is 79.4 Å². The number of likely N-dealkylation sites (tertiary alicyclic amines) is 1. The molecular weight excluding hydrogens is 510 g/mol. The summed E-state index contributed by atoms with van der Waals surface area (Å²) < 4.78 is 2.00. The molecule has 4 aromatic heterocycles. The van der Waals surface area contributed by atoms with E-state index in [-0.39, 0.29) is 0 Å². The van der Waals surface area contributed by atoms with Crippen LogP contribution in [-0.2, 0) is 0 Å². The summed E-state index contributed by atoms with van der Waals surface area (Å²) in [5, 5.41) is 13.7. The molecule has 0 aliphatic carbocycles. The zero-order chi connectivity index (χ0) is 27.7. The lowest BCUT2D eigenvalue weighted by molar-refractivity contribution is 0.292. The molecule has 0 saturated carbocycles. The van der Waals surface area contributed by atoms with E-state index in [4.69, 9.17) is 10.1 Å². The number of fused-ring (bicyclic) bond motifs is 4. The first-order valence-electron chi connectivity index (χ1n) is 14.1. The molecule has 2 bridgehead atoms. The summed E-state index contributed by atoms with van der Waals surface area (Å²) in [4.78, 5) is 16.4.